The maximum absolute atomic E-state index is 12.6. The van der Waals surface area contributed by atoms with Gasteiger partial charge in [0.15, 0.2) is 0 Å². The minimum Gasteiger partial charge on any atom is -0.350 e. The molecule has 158 valence electrons. The van der Waals surface area contributed by atoms with E-state index in [4.69, 9.17) is 0 Å². The largest absolute Gasteiger partial charge is 0.350 e. The molecule has 31 heavy (non-hydrogen) atoms. The Kier molecular flexibility index (Phi) is 6.03. The van der Waals surface area contributed by atoms with E-state index < -0.39 is 0 Å². The fourth-order valence-corrected chi connectivity index (χ4v) is 3.96. The van der Waals surface area contributed by atoms with Gasteiger partial charge in [-0.3, -0.25) is 19.0 Å². The second-order valence-electron chi connectivity index (χ2n) is 7.08. The summed E-state index contributed by atoms with van der Waals surface area (Å²) in [7, 11) is 0. The topological polar surface area (TPSA) is 98.9 Å². The molecule has 0 aliphatic carbocycles. The fourth-order valence-electron chi connectivity index (χ4n) is 3.27. The molecule has 1 aromatic carbocycles. The van der Waals surface area contributed by atoms with Crippen molar-refractivity contribution in [3.8, 4) is 10.6 Å². The maximum atomic E-state index is 12.6. The van der Waals surface area contributed by atoms with E-state index in [1.807, 2.05) is 24.4 Å². The molecule has 1 atom stereocenters. The lowest BCUT2D eigenvalue weighted by Gasteiger charge is -2.18. The van der Waals surface area contributed by atoms with E-state index in [-0.39, 0.29) is 36.2 Å². The molecule has 4 rings (SSSR count). The van der Waals surface area contributed by atoms with Crippen molar-refractivity contribution in [2.24, 2.45) is 0 Å². The maximum Gasteiger partial charge on any atom is 0.266 e. The number of nitrogens with one attached hydrogen (secondary N) is 1. The van der Waals surface area contributed by atoms with Gasteiger partial charge >= 0.3 is 0 Å². The van der Waals surface area contributed by atoms with Crippen LogP contribution in [-0.2, 0) is 17.9 Å². The zero-order chi connectivity index (χ0) is 21.8. The standard InChI is InChI=1S/C22H21N5O3S/c1-2-15(12-27-21(29)10-9-18(25-27)19-8-5-11-31-19)24-20(28)13-26-14-23-17-7-4-3-6-16(17)22(26)30/h3-11,14-15H,2,12-13H2,1H3,(H,24,28)/t15-/m0/s1. The summed E-state index contributed by atoms with van der Waals surface area (Å²) >= 11 is 1.54. The molecule has 0 unspecified atom stereocenters. The Hall–Kier alpha value is -3.59. The van der Waals surface area contributed by atoms with Crippen molar-refractivity contribution in [1.29, 1.82) is 0 Å². The van der Waals surface area contributed by atoms with Crippen LogP contribution in [0.2, 0.25) is 0 Å². The molecule has 0 saturated carbocycles. The Morgan fingerprint density at radius 1 is 1.13 bits per heavy atom. The van der Waals surface area contributed by atoms with Crippen LogP contribution in [0, 0.1) is 0 Å². The van der Waals surface area contributed by atoms with Crippen LogP contribution in [0.1, 0.15) is 13.3 Å². The highest BCUT2D eigenvalue weighted by Crippen LogP contribution is 2.21. The molecule has 1 amide bonds. The number of para-hydroxylation sites is 1. The average Bonchev–Trinajstić information content (AvgIpc) is 3.32. The molecular formula is C22H21N5O3S. The molecule has 1 N–H and O–H groups in total. The molecule has 8 nitrogen and oxygen atoms in total. The van der Waals surface area contributed by atoms with E-state index in [0.717, 1.165) is 4.88 Å². The van der Waals surface area contributed by atoms with Crippen LogP contribution in [-0.4, -0.2) is 31.3 Å². The first-order valence-electron chi connectivity index (χ1n) is 9.90. The number of nitrogens with zero attached hydrogens (tertiary/aromatic N) is 4. The summed E-state index contributed by atoms with van der Waals surface area (Å²) < 4.78 is 2.65. The van der Waals surface area contributed by atoms with Crippen LogP contribution in [0.3, 0.4) is 0 Å². The molecule has 0 radical (unpaired) electrons. The third kappa shape index (κ3) is 4.61. The SMILES string of the molecule is CC[C@@H](Cn1nc(-c2cccs2)ccc1=O)NC(=O)Cn1cnc2ccccc2c1=O. The Labute approximate surface area is 181 Å². The number of thiophene rings is 1. The van der Waals surface area contributed by atoms with Crippen molar-refractivity contribution in [1.82, 2.24) is 24.6 Å². The highest BCUT2D eigenvalue weighted by Gasteiger charge is 2.15. The first kappa shape index (κ1) is 20.7. The van der Waals surface area contributed by atoms with Gasteiger partial charge in [-0.2, -0.15) is 5.10 Å². The molecule has 9 heteroatoms. The van der Waals surface area contributed by atoms with Gasteiger partial charge in [0.2, 0.25) is 5.91 Å². The highest BCUT2D eigenvalue weighted by molar-refractivity contribution is 7.13. The molecule has 3 heterocycles. The van der Waals surface area contributed by atoms with Crippen molar-refractivity contribution in [3.63, 3.8) is 0 Å². The second kappa shape index (κ2) is 9.05. The van der Waals surface area contributed by atoms with Crippen molar-refractivity contribution in [3.05, 3.63) is 80.9 Å². The molecule has 0 aliphatic rings. The lowest BCUT2D eigenvalue weighted by atomic mass is 10.2. The third-order valence-corrected chi connectivity index (χ3v) is 5.83. The van der Waals surface area contributed by atoms with Gasteiger partial charge in [0.1, 0.15) is 12.2 Å². The molecule has 3 aromatic heterocycles. The Balaban J connectivity index is 1.48. The summed E-state index contributed by atoms with van der Waals surface area (Å²) in [5.74, 6) is -0.325. The Bertz CT molecular complexity index is 1330. The van der Waals surface area contributed by atoms with E-state index in [9.17, 15) is 14.4 Å². The molecule has 4 aromatic rings. The quantitative estimate of drug-likeness (QED) is 0.480. The predicted molar refractivity (Wildman–Crippen MR) is 120 cm³/mol. The van der Waals surface area contributed by atoms with Gasteiger partial charge in [-0.25, -0.2) is 9.67 Å². The van der Waals surface area contributed by atoms with Crippen molar-refractivity contribution in [2.45, 2.75) is 32.5 Å². The van der Waals surface area contributed by atoms with Crippen molar-refractivity contribution in [2.75, 3.05) is 0 Å². The zero-order valence-corrected chi connectivity index (χ0v) is 17.7. The van der Waals surface area contributed by atoms with E-state index in [2.05, 4.69) is 15.4 Å². The van der Waals surface area contributed by atoms with E-state index in [0.29, 0.717) is 23.0 Å². The first-order chi connectivity index (χ1) is 15.0. The van der Waals surface area contributed by atoms with Crippen LogP contribution in [0.25, 0.3) is 21.5 Å². The van der Waals surface area contributed by atoms with Crippen LogP contribution < -0.4 is 16.4 Å². The summed E-state index contributed by atoms with van der Waals surface area (Å²) in [6, 6.07) is 13.8. The molecule has 0 fully saturated rings. The predicted octanol–water partition coefficient (Wildman–Crippen LogP) is 2.28. The summed E-state index contributed by atoms with van der Waals surface area (Å²) in [4.78, 5) is 42.7. The second-order valence-corrected chi connectivity index (χ2v) is 8.03. The lowest BCUT2D eigenvalue weighted by Crippen LogP contribution is -2.42. The van der Waals surface area contributed by atoms with E-state index in [1.165, 1.54) is 21.6 Å². The minimum absolute atomic E-state index is 0.148. The fraction of sp³-hybridized carbons (Fsp3) is 0.227. The molecule has 0 spiro atoms. The number of fused-ring (bicyclic) bond motifs is 1. The van der Waals surface area contributed by atoms with Crippen molar-refractivity contribution < 1.29 is 4.79 Å². The first-order valence-corrected chi connectivity index (χ1v) is 10.8. The van der Waals surface area contributed by atoms with Crippen LogP contribution in [0.15, 0.2) is 69.8 Å². The van der Waals surface area contributed by atoms with Gasteiger partial charge in [-0.15, -0.1) is 11.3 Å². The molecule has 0 bridgehead atoms. The number of carbonyl (C=O) groups is 1. The van der Waals surface area contributed by atoms with Crippen LogP contribution in [0.5, 0.6) is 0 Å². The van der Waals surface area contributed by atoms with Crippen LogP contribution >= 0.6 is 11.3 Å². The van der Waals surface area contributed by atoms with Crippen molar-refractivity contribution >= 4 is 28.1 Å². The number of amides is 1. The average molecular weight is 436 g/mol. The number of benzene rings is 1. The minimum atomic E-state index is -0.325. The van der Waals surface area contributed by atoms with Gasteiger partial charge in [-0.1, -0.05) is 25.1 Å². The molecule has 0 aliphatic heterocycles. The zero-order valence-electron chi connectivity index (χ0n) is 16.9. The summed E-state index contributed by atoms with van der Waals surface area (Å²) in [5, 5.41) is 9.75. The molecular weight excluding hydrogens is 414 g/mol. The van der Waals surface area contributed by atoms with Gasteiger partial charge < -0.3 is 5.32 Å². The third-order valence-electron chi connectivity index (χ3n) is 4.94. The smallest absolute Gasteiger partial charge is 0.266 e. The number of hydrogen-bond donors (Lipinski definition) is 1. The summed E-state index contributed by atoms with van der Waals surface area (Å²) in [5.41, 5.74) is 0.800. The van der Waals surface area contributed by atoms with E-state index >= 15 is 0 Å². The normalized spacial score (nSPS) is 12.0. The molecule has 0 saturated heterocycles. The number of aromatic nitrogens is 4. The van der Waals surface area contributed by atoms with Gasteiger partial charge in [0.25, 0.3) is 11.1 Å². The summed E-state index contributed by atoms with van der Waals surface area (Å²) in [6.07, 6.45) is 1.98. The number of carbonyl (C=O) groups excluding carboxylic acids is 1. The van der Waals surface area contributed by atoms with Gasteiger partial charge in [0, 0.05) is 12.1 Å². The van der Waals surface area contributed by atoms with E-state index in [1.54, 1.807) is 41.7 Å². The number of hydrogen-bond acceptors (Lipinski definition) is 6. The lowest BCUT2D eigenvalue weighted by molar-refractivity contribution is -0.122. The number of rotatable bonds is 7. The Morgan fingerprint density at radius 2 is 1.97 bits per heavy atom. The Morgan fingerprint density at radius 3 is 2.74 bits per heavy atom. The van der Waals surface area contributed by atoms with Gasteiger partial charge in [0.05, 0.1) is 28.7 Å². The van der Waals surface area contributed by atoms with Crippen LogP contribution in [0.4, 0.5) is 0 Å². The van der Waals surface area contributed by atoms with Gasteiger partial charge in [-0.05, 0) is 36.1 Å². The summed E-state index contributed by atoms with van der Waals surface area (Å²) in [6.45, 7) is 2.01. The monoisotopic (exact) mass is 435 g/mol. The highest BCUT2D eigenvalue weighted by atomic mass is 32.1.